The molecule has 4 nitrogen and oxygen atoms in total. The van der Waals surface area contributed by atoms with E-state index in [1.165, 1.54) is 7.11 Å². The molecule has 0 fully saturated rings. The zero-order valence-electron chi connectivity index (χ0n) is 13.2. The zero-order valence-corrected chi connectivity index (χ0v) is 14.8. The van der Waals surface area contributed by atoms with Crippen LogP contribution < -0.4 is 4.74 Å². The molecule has 0 radical (unpaired) electrons. The Bertz CT molecular complexity index is 674. The Kier molecular flexibility index (Phi) is 5.70. The fraction of sp³-hybridized carbons (Fsp3) is 0.438. The molecule has 1 aromatic rings. The van der Waals surface area contributed by atoms with Crippen LogP contribution in [0, 0.1) is 0 Å². The zero-order chi connectivity index (χ0) is 17.0. The van der Waals surface area contributed by atoms with Crippen molar-refractivity contribution in [3.05, 3.63) is 35.5 Å². The number of aliphatic imine (C=N–C) groups is 1. The van der Waals surface area contributed by atoms with Crippen molar-refractivity contribution in [2.75, 3.05) is 7.11 Å². The van der Waals surface area contributed by atoms with Gasteiger partial charge >= 0.3 is 0 Å². The third kappa shape index (κ3) is 4.48. The predicted molar refractivity (Wildman–Crippen MR) is 92.9 cm³/mol. The molecule has 0 aliphatic carbocycles. The van der Waals surface area contributed by atoms with E-state index in [9.17, 15) is 4.39 Å². The van der Waals surface area contributed by atoms with Crippen LogP contribution in [0.2, 0.25) is 0 Å². The molecule has 2 rings (SSSR count). The van der Waals surface area contributed by atoms with E-state index >= 15 is 0 Å². The number of alkyl halides is 1. The lowest BCUT2D eigenvalue weighted by Crippen LogP contribution is -2.36. The Balaban J connectivity index is 2.23. The first-order chi connectivity index (χ1) is 10.8. The summed E-state index contributed by atoms with van der Waals surface area (Å²) in [5.74, 6) is 0.473. The van der Waals surface area contributed by atoms with Gasteiger partial charge in [-0.25, -0.2) is 9.38 Å². The molecule has 0 spiro atoms. The topological polar surface area (TPSA) is 43.7 Å². The Morgan fingerprint density at radius 1 is 1.52 bits per heavy atom. The first-order valence-corrected chi connectivity index (χ1v) is 7.94. The van der Waals surface area contributed by atoms with Crippen LogP contribution in [-0.4, -0.2) is 27.9 Å². The Morgan fingerprint density at radius 3 is 2.96 bits per heavy atom. The van der Waals surface area contributed by atoms with Crippen molar-refractivity contribution in [2.24, 2.45) is 4.99 Å². The van der Waals surface area contributed by atoms with Gasteiger partial charge in [-0.2, -0.15) is 0 Å². The SMILES string of the molecule is COC(=S)CCc1ncccc1OC1=NC(C)=C(F)CC1(C)Cl. The molecule has 0 amide bonds. The molecule has 1 aliphatic heterocycles. The van der Waals surface area contributed by atoms with Gasteiger partial charge in [0.1, 0.15) is 10.7 Å². The summed E-state index contributed by atoms with van der Waals surface area (Å²) in [5.41, 5.74) is 0.999. The van der Waals surface area contributed by atoms with Crippen LogP contribution in [0.3, 0.4) is 0 Å². The van der Waals surface area contributed by atoms with Crippen molar-refractivity contribution in [3.8, 4) is 5.75 Å². The molecule has 1 aromatic heterocycles. The highest BCUT2D eigenvalue weighted by Crippen LogP contribution is 2.34. The van der Waals surface area contributed by atoms with Gasteiger partial charge in [-0.05, 0) is 38.2 Å². The third-order valence-corrected chi connectivity index (χ3v) is 4.11. The number of allylic oxidation sites excluding steroid dienone is 2. The molecule has 1 aliphatic rings. The fourth-order valence-corrected chi connectivity index (χ4v) is 2.38. The summed E-state index contributed by atoms with van der Waals surface area (Å²) in [7, 11) is 1.54. The number of pyridine rings is 1. The van der Waals surface area contributed by atoms with Gasteiger partial charge in [0.05, 0.1) is 18.5 Å². The Morgan fingerprint density at radius 2 is 2.26 bits per heavy atom. The molecule has 124 valence electrons. The van der Waals surface area contributed by atoms with Crippen molar-refractivity contribution >= 4 is 34.8 Å². The van der Waals surface area contributed by atoms with Crippen LogP contribution in [-0.2, 0) is 11.2 Å². The number of halogens is 2. The predicted octanol–water partition coefficient (Wildman–Crippen LogP) is 4.37. The molecule has 7 heteroatoms. The van der Waals surface area contributed by atoms with Crippen LogP contribution in [0.1, 0.15) is 32.4 Å². The second-order valence-corrected chi connectivity index (χ2v) is 6.70. The average Bonchev–Trinajstić information content (AvgIpc) is 2.51. The lowest BCUT2D eigenvalue weighted by molar-refractivity contribution is 0.401. The molecule has 1 unspecified atom stereocenters. The summed E-state index contributed by atoms with van der Waals surface area (Å²) in [6.45, 7) is 3.27. The second-order valence-electron chi connectivity index (χ2n) is 5.41. The first kappa shape index (κ1) is 17.8. The standard InChI is InChI=1S/C16H18ClFN2O2S/c1-10-11(18)9-16(2,17)15(20-10)22-13-5-4-8-19-12(13)6-7-14(23)21-3/h4-5,8H,6-7,9H2,1-3H3. The van der Waals surface area contributed by atoms with E-state index in [0.717, 1.165) is 5.69 Å². The van der Waals surface area contributed by atoms with E-state index in [1.54, 1.807) is 32.2 Å². The summed E-state index contributed by atoms with van der Waals surface area (Å²) in [5, 5.41) is 0.500. The molecular formula is C16H18ClFN2O2S. The van der Waals surface area contributed by atoms with Crippen LogP contribution in [0.15, 0.2) is 34.8 Å². The molecule has 1 atom stereocenters. The molecule has 0 N–H and O–H groups in total. The molecule has 0 bridgehead atoms. The Labute approximate surface area is 145 Å². The smallest absolute Gasteiger partial charge is 0.216 e. The van der Waals surface area contributed by atoms with E-state index in [4.69, 9.17) is 33.3 Å². The quantitative estimate of drug-likeness (QED) is 0.593. The van der Waals surface area contributed by atoms with E-state index in [0.29, 0.717) is 23.6 Å². The summed E-state index contributed by atoms with van der Waals surface area (Å²) in [6.07, 6.45) is 2.84. The number of hydrogen-bond donors (Lipinski definition) is 0. The first-order valence-electron chi connectivity index (χ1n) is 7.15. The van der Waals surface area contributed by atoms with Gasteiger partial charge in [0.15, 0.2) is 10.8 Å². The van der Waals surface area contributed by atoms with Crippen LogP contribution in [0.5, 0.6) is 5.75 Å². The van der Waals surface area contributed by atoms with Crippen molar-refractivity contribution in [2.45, 2.75) is 38.0 Å². The maximum atomic E-state index is 13.7. The number of rotatable bonds is 4. The highest BCUT2D eigenvalue weighted by atomic mass is 35.5. The number of aromatic nitrogens is 1. The average molecular weight is 357 g/mol. The van der Waals surface area contributed by atoms with Gasteiger partial charge in [0.2, 0.25) is 5.90 Å². The number of hydrogen-bond acceptors (Lipinski definition) is 5. The van der Waals surface area contributed by atoms with E-state index in [1.807, 2.05) is 0 Å². The molecular weight excluding hydrogens is 339 g/mol. The minimum absolute atomic E-state index is 0.0442. The monoisotopic (exact) mass is 356 g/mol. The Hall–Kier alpha value is -1.53. The van der Waals surface area contributed by atoms with Gasteiger partial charge < -0.3 is 9.47 Å². The molecule has 23 heavy (non-hydrogen) atoms. The highest BCUT2D eigenvalue weighted by molar-refractivity contribution is 7.80. The minimum atomic E-state index is -1.03. The minimum Gasteiger partial charge on any atom is -0.490 e. The number of ether oxygens (including phenoxy) is 2. The van der Waals surface area contributed by atoms with Crippen molar-refractivity contribution < 1.29 is 13.9 Å². The van der Waals surface area contributed by atoms with Gasteiger partial charge in [-0.1, -0.05) is 0 Å². The molecule has 0 saturated carbocycles. The van der Waals surface area contributed by atoms with Gasteiger partial charge in [0.25, 0.3) is 0 Å². The van der Waals surface area contributed by atoms with Gasteiger partial charge in [0, 0.05) is 25.5 Å². The summed E-state index contributed by atoms with van der Waals surface area (Å²) < 4.78 is 24.6. The van der Waals surface area contributed by atoms with E-state index < -0.39 is 4.87 Å². The van der Waals surface area contributed by atoms with Gasteiger partial charge in [-0.15, -0.1) is 11.6 Å². The molecule has 0 saturated heterocycles. The van der Waals surface area contributed by atoms with Crippen LogP contribution >= 0.6 is 23.8 Å². The largest absolute Gasteiger partial charge is 0.490 e. The molecule has 2 heterocycles. The lowest BCUT2D eigenvalue weighted by Gasteiger charge is -2.27. The third-order valence-electron chi connectivity index (χ3n) is 3.44. The maximum Gasteiger partial charge on any atom is 0.216 e. The number of thiocarbonyl (C=S) groups is 1. The summed E-state index contributed by atoms with van der Waals surface area (Å²) in [4.78, 5) is 7.43. The summed E-state index contributed by atoms with van der Waals surface area (Å²) >= 11 is 11.4. The fourth-order valence-electron chi connectivity index (χ4n) is 2.08. The normalized spacial score (nSPS) is 21.0. The van der Waals surface area contributed by atoms with E-state index in [2.05, 4.69) is 9.98 Å². The summed E-state index contributed by atoms with van der Waals surface area (Å²) in [6, 6.07) is 3.53. The van der Waals surface area contributed by atoms with Crippen LogP contribution in [0.25, 0.3) is 0 Å². The van der Waals surface area contributed by atoms with E-state index in [-0.39, 0.29) is 23.8 Å². The number of methoxy groups -OCH3 is 1. The number of aryl methyl sites for hydroxylation is 1. The molecule has 0 aromatic carbocycles. The van der Waals surface area contributed by atoms with Crippen LogP contribution in [0.4, 0.5) is 4.39 Å². The number of nitrogens with zero attached hydrogens (tertiary/aromatic N) is 2. The van der Waals surface area contributed by atoms with Gasteiger partial charge in [-0.3, -0.25) is 4.98 Å². The van der Waals surface area contributed by atoms with Crippen molar-refractivity contribution in [1.82, 2.24) is 4.98 Å². The maximum absolute atomic E-state index is 13.7. The van der Waals surface area contributed by atoms with Crippen molar-refractivity contribution in [1.29, 1.82) is 0 Å². The second kappa shape index (κ2) is 7.36. The van der Waals surface area contributed by atoms with Crippen molar-refractivity contribution in [3.63, 3.8) is 0 Å². The highest BCUT2D eigenvalue weighted by Gasteiger charge is 2.36. The lowest BCUT2D eigenvalue weighted by atomic mass is 10.0.